The predicted molar refractivity (Wildman–Crippen MR) is 81.4 cm³/mol. The first-order chi connectivity index (χ1) is 11.0. The van der Waals surface area contributed by atoms with Crippen LogP contribution in [0.5, 0.6) is 0 Å². The third-order valence-electron chi connectivity index (χ3n) is 4.04. The van der Waals surface area contributed by atoms with Crippen molar-refractivity contribution in [3.8, 4) is 0 Å². The molecule has 1 unspecified atom stereocenters. The van der Waals surface area contributed by atoms with Crippen LogP contribution in [0.25, 0.3) is 0 Å². The van der Waals surface area contributed by atoms with Crippen LogP contribution in [-0.4, -0.2) is 64.5 Å². The highest BCUT2D eigenvalue weighted by Gasteiger charge is 2.28. The number of carbonyl (C=O) groups is 2. The number of hydrogen-bond acceptors (Lipinski definition) is 6. The van der Waals surface area contributed by atoms with E-state index in [9.17, 15) is 9.59 Å². The number of hydrogen-bond donors (Lipinski definition) is 0. The molecule has 1 aliphatic rings. The highest BCUT2D eigenvalue weighted by atomic mass is 16.5. The summed E-state index contributed by atoms with van der Waals surface area (Å²) >= 11 is 0. The summed E-state index contributed by atoms with van der Waals surface area (Å²) in [5.74, 6) is 1.04. The molecule has 1 aromatic rings. The molecule has 0 aliphatic carbocycles. The minimum Gasteiger partial charge on any atom is -0.375 e. The van der Waals surface area contributed by atoms with E-state index in [1.54, 1.807) is 30.8 Å². The quantitative estimate of drug-likeness (QED) is 0.762. The number of carbonyl (C=O) groups excluding carboxylic acids is 2. The van der Waals surface area contributed by atoms with Crippen LogP contribution >= 0.6 is 0 Å². The minimum absolute atomic E-state index is 0.000937. The fourth-order valence-corrected chi connectivity index (χ4v) is 2.89. The Hall–Kier alpha value is -1.96. The van der Waals surface area contributed by atoms with Gasteiger partial charge in [-0.25, -0.2) is 0 Å². The van der Waals surface area contributed by atoms with Crippen LogP contribution in [0.1, 0.15) is 38.4 Å². The molecule has 1 fully saturated rings. The van der Waals surface area contributed by atoms with E-state index in [2.05, 4.69) is 10.1 Å². The average Bonchev–Trinajstić information content (AvgIpc) is 2.95. The van der Waals surface area contributed by atoms with Gasteiger partial charge in [-0.15, -0.1) is 0 Å². The van der Waals surface area contributed by atoms with Crippen molar-refractivity contribution < 1.29 is 18.8 Å². The molecule has 0 saturated carbocycles. The standard InChI is InChI=1S/C15H24N4O4/c1-11(20)18-7-4-5-13(9-18)19(12(2)21)8-6-14-16-15(10-22-3)23-17-14/h13H,4-10H2,1-3H3. The van der Waals surface area contributed by atoms with E-state index in [1.165, 1.54) is 0 Å². The molecule has 0 bridgehead atoms. The van der Waals surface area contributed by atoms with Gasteiger partial charge in [-0.3, -0.25) is 9.59 Å². The number of nitrogens with zero attached hydrogens (tertiary/aromatic N) is 4. The summed E-state index contributed by atoms with van der Waals surface area (Å²) in [7, 11) is 1.56. The van der Waals surface area contributed by atoms with Gasteiger partial charge in [0, 0.05) is 53.1 Å². The van der Waals surface area contributed by atoms with Gasteiger partial charge in [0.05, 0.1) is 0 Å². The van der Waals surface area contributed by atoms with Gasteiger partial charge in [0.15, 0.2) is 5.82 Å². The second kappa shape index (κ2) is 8.05. The van der Waals surface area contributed by atoms with Crippen molar-refractivity contribution in [2.45, 2.75) is 45.8 Å². The van der Waals surface area contributed by atoms with E-state index < -0.39 is 0 Å². The van der Waals surface area contributed by atoms with Gasteiger partial charge in [-0.2, -0.15) is 4.98 Å². The maximum atomic E-state index is 12.0. The molecule has 2 amide bonds. The molecule has 1 aromatic heterocycles. The first kappa shape index (κ1) is 17.4. The normalized spacial score (nSPS) is 18.0. The molecule has 23 heavy (non-hydrogen) atoms. The molecule has 1 saturated heterocycles. The van der Waals surface area contributed by atoms with E-state index in [0.717, 1.165) is 19.4 Å². The summed E-state index contributed by atoms with van der Waals surface area (Å²) in [5.41, 5.74) is 0. The fourth-order valence-electron chi connectivity index (χ4n) is 2.89. The molecular formula is C15H24N4O4. The van der Waals surface area contributed by atoms with Gasteiger partial charge in [-0.1, -0.05) is 5.16 Å². The summed E-state index contributed by atoms with van der Waals surface area (Å²) in [5, 5.41) is 3.89. The maximum absolute atomic E-state index is 12.0. The number of piperidine rings is 1. The van der Waals surface area contributed by atoms with Crippen molar-refractivity contribution >= 4 is 11.8 Å². The number of amides is 2. The fraction of sp³-hybridized carbons (Fsp3) is 0.733. The molecule has 128 valence electrons. The smallest absolute Gasteiger partial charge is 0.252 e. The zero-order valence-electron chi connectivity index (χ0n) is 13.9. The molecule has 8 heteroatoms. The zero-order valence-corrected chi connectivity index (χ0v) is 13.9. The lowest BCUT2D eigenvalue weighted by atomic mass is 10.0. The van der Waals surface area contributed by atoms with Crippen LogP contribution in [0.15, 0.2) is 4.52 Å². The van der Waals surface area contributed by atoms with Crippen LogP contribution in [0.3, 0.4) is 0 Å². The molecule has 0 N–H and O–H groups in total. The average molecular weight is 324 g/mol. The Labute approximate surface area is 135 Å². The second-order valence-corrected chi connectivity index (χ2v) is 5.76. The number of rotatable bonds is 6. The molecular weight excluding hydrogens is 300 g/mol. The Balaban J connectivity index is 1.95. The number of ether oxygens (including phenoxy) is 1. The van der Waals surface area contributed by atoms with Gasteiger partial charge in [-0.05, 0) is 12.8 Å². The van der Waals surface area contributed by atoms with Crippen LogP contribution in [-0.2, 0) is 27.4 Å². The third kappa shape index (κ3) is 4.75. The van der Waals surface area contributed by atoms with Crippen molar-refractivity contribution in [1.82, 2.24) is 19.9 Å². The van der Waals surface area contributed by atoms with Crippen LogP contribution in [0, 0.1) is 0 Å². The van der Waals surface area contributed by atoms with Crippen molar-refractivity contribution in [3.63, 3.8) is 0 Å². The molecule has 0 spiro atoms. The lowest BCUT2D eigenvalue weighted by molar-refractivity contribution is -0.137. The first-order valence-corrected chi connectivity index (χ1v) is 7.84. The Morgan fingerprint density at radius 1 is 1.43 bits per heavy atom. The predicted octanol–water partition coefficient (Wildman–Crippen LogP) is 0.618. The Kier molecular flexibility index (Phi) is 6.09. The summed E-state index contributed by atoms with van der Waals surface area (Å²) in [6.07, 6.45) is 2.34. The van der Waals surface area contributed by atoms with Crippen LogP contribution in [0.2, 0.25) is 0 Å². The molecule has 2 rings (SSSR count). The first-order valence-electron chi connectivity index (χ1n) is 7.84. The molecule has 8 nitrogen and oxygen atoms in total. The van der Waals surface area contributed by atoms with E-state index in [1.807, 2.05) is 0 Å². The molecule has 0 aromatic carbocycles. The monoisotopic (exact) mass is 324 g/mol. The molecule has 1 atom stereocenters. The van der Waals surface area contributed by atoms with Gasteiger partial charge >= 0.3 is 0 Å². The largest absolute Gasteiger partial charge is 0.375 e. The molecule has 1 aliphatic heterocycles. The van der Waals surface area contributed by atoms with E-state index >= 15 is 0 Å². The van der Waals surface area contributed by atoms with Crippen molar-refractivity contribution in [2.75, 3.05) is 26.7 Å². The molecule has 2 heterocycles. The number of likely N-dealkylation sites (tertiary alicyclic amines) is 1. The van der Waals surface area contributed by atoms with Gasteiger partial charge in [0.25, 0.3) is 5.89 Å². The van der Waals surface area contributed by atoms with Gasteiger partial charge < -0.3 is 19.1 Å². The topological polar surface area (TPSA) is 88.8 Å². The summed E-state index contributed by atoms with van der Waals surface area (Å²) < 4.78 is 9.99. The Bertz CT molecular complexity index is 545. The highest BCUT2D eigenvalue weighted by molar-refractivity contribution is 5.75. The second-order valence-electron chi connectivity index (χ2n) is 5.76. The summed E-state index contributed by atoms with van der Waals surface area (Å²) in [6, 6.07) is 0.0514. The lowest BCUT2D eigenvalue weighted by Crippen LogP contribution is -2.51. The summed E-state index contributed by atoms with van der Waals surface area (Å²) in [6.45, 7) is 5.27. The van der Waals surface area contributed by atoms with E-state index in [0.29, 0.717) is 31.2 Å². The number of methoxy groups -OCH3 is 1. The van der Waals surface area contributed by atoms with Crippen molar-refractivity contribution in [1.29, 1.82) is 0 Å². The van der Waals surface area contributed by atoms with Crippen LogP contribution < -0.4 is 0 Å². The van der Waals surface area contributed by atoms with Crippen molar-refractivity contribution in [3.05, 3.63) is 11.7 Å². The zero-order chi connectivity index (χ0) is 16.8. The SMILES string of the molecule is COCc1nc(CCN(C(C)=O)C2CCCN(C(C)=O)C2)no1. The Morgan fingerprint density at radius 3 is 2.87 bits per heavy atom. The van der Waals surface area contributed by atoms with E-state index in [-0.39, 0.29) is 24.5 Å². The summed E-state index contributed by atoms with van der Waals surface area (Å²) in [4.78, 5) is 31.4. The van der Waals surface area contributed by atoms with Gasteiger partial charge in [0.1, 0.15) is 6.61 Å². The number of aromatic nitrogens is 2. The maximum Gasteiger partial charge on any atom is 0.252 e. The Morgan fingerprint density at radius 2 is 2.22 bits per heavy atom. The van der Waals surface area contributed by atoms with E-state index in [4.69, 9.17) is 9.26 Å². The molecule has 0 radical (unpaired) electrons. The highest BCUT2D eigenvalue weighted by Crippen LogP contribution is 2.17. The van der Waals surface area contributed by atoms with Gasteiger partial charge in [0.2, 0.25) is 11.8 Å². The third-order valence-corrected chi connectivity index (χ3v) is 4.04. The van der Waals surface area contributed by atoms with Crippen LogP contribution in [0.4, 0.5) is 0 Å². The minimum atomic E-state index is 0.000937. The van der Waals surface area contributed by atoms with Crippen molar-refractivity contribution in [2.24, 2.45) is 0 Å². The lowest BCUT2D eigenvalue weighted by Gasteiger charge is -2.38.